The average molecular weight is 460 g/mol. The number of carbonyl (C=O) groups is 2. The Labute approximate surface area is 198 Å². The number of piperidine rings is 1. The van der Waals surface area contributed by atoms with Gasteiger partial charge in [0.15, 0.2) is 23.4 Å². The molecular weight excluding hydrogens is 430 g/mol. The number of hydrogen-bond donors (Lipinski definition) is 1. The Kier molecular flexibility index (Phi) is 4.35. The highest BCUT2D eigenvalue weighted by Crippen LogP contribution is 2.65. The molecular formula is C28H29NO5. The van der Waals surface area contributed by atoms with E-state index >= 15 is 0 Å². The first-order valence-corrected chi connectivity index (χ1v) is 12.6. The third-order valence-corrected chi connectivity index (χ3v) is 8.96. The van der Waals surface area contributed by atoms with Crippen LogP contribution in [0.1, 0.15) is 48.8 Å². The van der Waals surface area contributed by atoms with Gasteiger partial charge in [-0.15, -0.1) is 0 Å². The summed E-state index contributed by atoms with van der Waals surface area (Å²) in [5.41, 5.74) is 1.15. The molecule has 5 aliphatic rings. The molecule has 7 rings (SSSR count). The van der Waals surface area contributed by atoms with Crippen molar-refractivity contribution >= 4 is 11.8 Å². The van der Waals surface area contributed by atoms with Gasteiger partial charge < -0.3 is 14.6 Å². The predicted molar refractivity (Wildman–Crippen MR) is 124 cm³/mol. The maximum atomic E-state index is 13.1. The van der Waals surface area contributed by atoms with Gasteiger partial charge in [-0.1, -0.05) is 36.4 Å². The second-order valence-electron chi connectivity index (χ2n) is 10.8. The number of Topliss-reactive ketones (excluding diaryl/α,β-unsaturated/α-hetero) is 1. The fourth-order valence-corrected chi connectivity index (χ4v) is 7.25. The number of ether oxygens (including phenoxy) is 2. The van der Waals surface area contributed by atoms with Gasteiger partial charge in [-0.3, -0.25) is 14.5 Å². The van der Waals surface area contributed by atoms with Crippen LogP contribution >= 0.6 is 0 Å². The van der Waals surface area contributed by atoms with E-state index in [9.17, 15) is 14.7 Å². The molecule has 2 aromatic carbocycles. The molecule has 2 aromatic rings. The van der Waals surface area contributed by atoms with E-state index in [1.54, 1.807) is 6.07 Å². The zero-order valence-corrected chi connectivity index (χ0v) is 19.2. The van der Waals surface area contributed by atoms with Crippen LogP contribution in [0.5, 0.6) is 11.5 Å². The van der Waals surface area contributed by atoms with Gasteiger partial charge in [-0.25, -0.2) is 0 Å². The third-order valence-electron chi connectivity index (χ3n) is 8.96. The summed E-state index contributed by atoms with van der Waals surface area (Å²) in [6, 6.07) is 13.3. The summed E-state index contributed by atoms with van der Waals surface area (Å²) in [6.07, 6.45) is 4.20. The molecule has 1 spiro atoms. The van der Waals surface area contributed by atoms with Crippen LogP contribution in [0.25, 0.3) is 0 Å². The molecule has 34 heavy (non-hydrogen) atoms. The highest BCUT2D eigenvalue weighted by molar-refractivity contribution is 5.90. The number of nitrogens with zero attached hydrogens (tertiary/aromatic N) is 1. The molecule has 0 unspecified atom stereocenters. The first kappa shape index (κ1) is 20.7. The Hall–Kier alpha value is -2.70. The first-order chi connectivity index (χ1) is 16.5. The molecule has 2 bridgehead atoms. The lowest BCUT2D eigenvalue weighted by Gasteiger charge is -2.62. The fourth-order valence-electron chi connectivity index (χ4n) is 7.25. The minimum Gasteiger partial charge on any atom is -0.477 e. The Bertz CT molecular complexity index is 1190. The molecule has 1 saturated heterocycles. The van der Waals surface area contributed by atoms with E-state index in [2.05, 4.69) is 4.90 Å². The summed E-state index contributed by atoms with van der Waals surface area (Å²) in [5, 5.41) is 12.3. The van der Waals surface area contributed by atoms with Crippen molar-refractivity contribution < 1.29 is 24.2 Å². The average Bonchev–Trinajstić information content (AvgIpc) is 3.56. The van der Waals surface area contributed by atoms with Gasteiger partial charge in [-0.2, -0.15) is 0 Å². The lowest BCUT2D eigenvalue weighted by atomic mass is 9.49. The molecule has 3 aliphatic carbocycles. The molecule has 0 amide bonds. The van der Waals surface area contributed by atoms with Crippen LogP contribution in [-0.2, 0) is 27.8 Å². The van der Waals surface area contributed by atoms with Crippen molar-refractivity contribution in [2.45, 2.75) is 68.1 Å². The van der Waals surface area contributed by atoms with Gasteiger partial charge in [0, 0.05) is 24.6 Å². The monoisotopic (exact) mass is 459 g/mol. The van der Waals surface area contributed by atoms with E-state index in [-0.39, 0.29) is 24.2 Å². The summed E-state index contributed by atoms with van der Waals surface area (Å²) in [7, 11) is 0. The van der Waals surface area contributed by atoms with Crippen LogP contribution in [0.3, 0.4) is 0 Å². The molecule has 1 N–H and O–H groups in total. The number of hydrogen-bond acceptors (Lipinski definition) is 6. The molecule has 4 atom stereocenters. The number of esters is 1. The van der Waals surface area contributed by atoms with Gasteiger partial charge in [0.05, 0.1) is 17.4 Å². The number of aliphatic hydroxyl groups is 1. The van der Waals surface area contributed by atoms with Gasteiger partial charge in [-0.05, 0) is 61.8 Å². The molecule has 2 heterocycles. The Balaban J connectivity index is 1.28. The number of carbonyl (C=O) groups excluding carboxylic acids is 2. The van der Waals surface area contributed by atoms with Crippen molar-refractivity contribution in [1.82, 2.24) is 4.90 Å². The third kappa shape index (κ3) is 2.75. The number of ketones is 1. The smallest absolute Gasteiger partial charge is 0.315 e. The van der Waals surface area contributed by atoms with Crippen LogP contribution < -0.4 is 9.47 Å². The topological polar surface area (TPSA) is 76.1 Å². The van der Waals surface area contributed by atoms with Crippen LogP contribution in [-0.4, -0.2) is 52.6 Å². The molecule has 2 saturated carbocycles. The normalized spacial score (nSPS) is 33.3. The zero-order chi connectivity index (χ0) is 23.1. The van der Waals surface area contributed by atoms with Gasteiger partial charge in [0.2, 0.25) is 0 Å². The minimum absolute atomic E-state index is 0.00835. The number of benzene rings is 2. The Morgan fingerprint density at radius 3 is 2.76 bits per heavy atom. The van der Waals surface area contributed by atoms with Gasteiger partial charge >= 0.3 is 5.97 Å². The summed E-state index contributed by atoms with van der Waals surface area (Å²) in [5.74, 6) is 1.27. The Morgan fingerprint density at radius 2 is 1.97 bits per heavy atom. The van der Waals surface area contributed by atoms with Crippen molar-refractivity contribution in [1.29, 1.82) is 0 Å². The second-order valence-corrected chi connectivity index (χ2v) is 10.8. The largest absolute Gasteiger partial charge is 0.477 e. The second kappa shape index (κ2) is 7.15. The summed E-state index contributed by atoms with van der Waals surface area (Å²) in [6.45, 7) is 1.88. The lowest BCUT2D eigenvalue weighted by Crippen LogP contribution is -2.76. The minimum atomic E-state index is -1.01. The number of rotatable bonds is 5. The highest BCUT2D eigenvalue weighted by Gasteiger charge is 2.73. The van der Waals surface area contributed by atoms with Crippen LogP contribution in [0, 0.1) is 5.92 Å². The van der Waals surface area contributed by atoms with E-state index in [1.165, 1.54) is 12.8 Å². The summed E-state index contributed by atoms with van der Waals surface area (Å²) >= 11 is 0. The van der Waals surface area contributed by atoms with E-state index in [1.807, 2.05) is 36.4 Å². The van der Waals surface area contributed by atoms with Crippen LogP contribution in [0.4, 0.5) is 0 Å². The van der Waals surface area contributed by atoms with Gasteiger partial charge in [0.25, 0.3) is 0 Å². The van der Waals surface area contributed by atoms with E-state index in [0.29, 0.717) is 30.8 Å². The lowest BCUT2D eigenvalue weighted by molar-refractivity contribution is -0.188. The number of likely N-dealkylation sites (tertiary alicyclic amines) is 1. The van der Waals surface area contributed by atoms with E-state index in [4.69, 9.17) is 9.47 Å². The van der Waals surface area contributed by atoms with Crippen molar-refractivity contribution in [2.75, 3.05) is 13.1 Å². The predicted octanol–water partition coefficient (Wildman–Crippen LogP) is 2.97. The molecule has 0 radical (unpaired) electrons. The van der Waals surface area contributed by atoms with E-state index in [0.717, 1.165) is 42.1 Å². The molecule has 2 aliphatic heterocycles. The molecule has 6 nitrogen and oxygen atoms in total. The quantitative estimate of drug-likeness (QED) is 0.547. The summed E-state index contributed by atoms with van der Waals surface area (Å²) < 4.78 is 12.2. The zero-order valence-electron chi connectivity index (χ0n) is 19.2. The van der Waals surface area contributed by atoms with Crippen molar-refractivity contribution in [3.63, 3.8) is 0 Å². The first-order valence-electron chi connectivity index (χ1n) is 12.6. The maximum Gasteiger partial charge on any atom is 0.315 e. The highest BCUT2D eigenvalue weighted by atomic mass is 16.6. The van der Waals surface area contributed by atoms with Crippen molar-refractivity contribution in [3.8, 4) is 11.5 Å². The molecule has 6 heteroatoms. The van der Waals surface area contributed by atoms with Crippen molar-refractivity contribution in [2.24, 2.45) is 5.92 Å². The summed E-state index contributed by atoms with van der Waals surface area (Å²) in [4.78, 5) is 28.4. The fraction of sp³-hybridized carbons (Fsp3) is 0.500. The SMILES string of the molecule is O=C(Cc1ccccc1)Oc1ccc2c3c1O[C@H]1C(=O)CC[C@@]4(O)[C@@H](C2)N(CC2CC2)CC[C@]314. The standard InChI is InChI=1S/C28H29NO5/c30-20-10-11-28(32)22-15-19-8-9-21(33-23(31)14-17-4-2-1-3-5-17)25-24(19)27(28,26(20)34-25)12-13-29(22)16-18-6-7-18/h1-5,8-9,18,22,26,32H,6-7,10-16H2/t22-,26+,27+,28-/m1/s1. The molecule has 176 valence electrons. The van der Waals surface area contributed by atoms with Gasteiger partial charge in [0.1, 0.15) is 0 Å². The van der Waals surface area contributed by atoms with Crippen LogP contribution in [0.2, 0.25) is 0 Å². The van der Waals surface area contributed by atoms with Crippen LogP contribution in [0.15, 0.2) is 42.5 Å². The van der Waals surface area contributed by atoms with Crippen molar-refractivity contribution in [3.05, 3.63) is 59.2 Å². The maximum absolute atomic E-state index is 13.1. The molecule has 0 aromatic heterocycles. The van der Waals surface area contributed by atoms with E-state index < -0.39 is 17.1 Å². The Morgan fingerprint density at radius 1 is 1.15 bits per heavy atom. The molecule has 3 fully saturated rings.